The molecule has 0 amide bonds. The van der Waals surface area contributed by atoms with Gasteiger partial charge in [-0.1, -0.05) is 0 Å². The van der Waals surface area contributed by atoms with Gasteiger partial charge >= 0.3 is 0 Å². The number of azo groups is 1. The first-order chi connectivity index (χ1) is 13.7. The molecule has 2 rings (SSSR count). The zero-order valence-electron chi connectivity index (χ0n) is 18.4. The van der Waals surface area contributed by atoms with E-state index in [1.165, 1.54) is 0 Å². The van der Waals surface area contributed by atoms with Crippen molar-refractivity contribution >= 4 is 23.6 Å². The predicted molar refractivity (Wildman–Crippen MR) is 112 cm³/mol. The van der Waals surface area contributed by atoms with Crippen LogP contribution in [0.25, 0.3) is 0 Å². The van der Waals surface area contributed by atoms with Gasteiger partial charge in [0.25, 0.3) is 11.9 Å². The number of aliphatic hydroxyl groups is 2. The molecule has 0 fully saturated rings. The molecule has 0 aromatic rings. The second-order valence-electron chi connectivity index (χ2n) is 7.80. The molecule has 30 heavy (non-hydrogen) atoms. The molecule has 0 radical (unpaired) electrons. The highest BCUT2D eigenvalue weighted by Gasteiger charge is 2.32. The van der Waals surface area contributed by atoms with Gasteiger partial charge in [0.05, 0.1) is 25.3 Å². The number of nitrogens with zero attached hydrogens (tertiary/aromatic N) is 4. The van der Waals surface area contributed by atoms with Crippen molar-refractivity contribution in [3.05, 3.63) is 0 Å². The molecular weight excluding hydrogens is 396 g/mol. The lowest BCUT2D eigenvalue weighted by atomic mass is 10.0. The Balaban J connectivity index is 0.000000901. The number of aliphatic imine (C=N–C) groups is 2. The Morgan fingerprint density at radius 1 is 0.833 bits per heavy atom. The molecule has 0 saturated carbocycles. The number of hydrogen-bond donors (Lipinski definition) is 6. The first-order valence-electron chi connectivity index (χ1n) is 9.44. The number of nitrogens with one attached hydrogen (secondary N) is 2. The monoisotopic (exact) mass is 430 g/mol. The van der Waals surface area contributed by atoms with E-state index in [1.807, 2.05) is 27.7 Å². The van der Waals surface area contributed by atoms with Gasteiger partial charge in [-0.15, -0.1) is 0 Å². The minimum atomic E-state index is -0.833. The molecule has 6 N–H and O–H groups in total. The molecule has 0 spiro atoms. The fraction of sp³-hybridized carbons (Fsp3) is 0.778. The summed E-state index contributed by atoms with van der Waals surface area (Å²) in [4.78, 5) is 26.7. The number of carbonyl (C=O) groups is 2. The van der Waals surface area contributed by atoms with Crippen molar-refractivity contribution < 1.29 is 30.0 Å². The minimum Gasteiger partial charge on any atom is -0.481 e. The first kappa shape index (κ1) is 27.4. The summed E-state index contributed by atoms with van der Waals surface area (Å²) in [5.74, 6) is -0.211. The lowest BCUT2D eigenvalue weighted by Gasteiger charge is -2.30. The number of hydrogen-bond acceptors (Lipinski definition) is 10. The van der Waals surface area contributed by atoms with E-state index in [2.05, 4.69) is 30.8 Å². The van der Waals surface area contributed by atoms with E-state index >= 15 is 0 Å². The van der Waals surface area contributed by atoms with Gasteiger partial charge in [-0.05, 0) is 27.7 Å². The van der Waals surface area contributed by atoms with Crippen molar-refractivity contribution in [3.8, 4) is 0 Å². The number of carboxylic acids is 2. The Labute approximate surface area is 176 Å². The average Bonchev–Trinajstić information content (AvgIpc) is 2.60. The molecule has 0 saturated heterocycles. The topological polar surface area (TPSA) is 189 Å². The van der Waals surface area contributed by atoms with E-state index in [4.69, 9.17) is 19.8 Å². The van der Waals surface area contributed by atoms with Crippen molar-refractivity contribution in [1.29, 1.82) is 0 Å². The lowest BCUT2D eigenvalue weighted by molar-refractivity contribution is -0.135. The van der Waals surface area contributed by atoms with Crippen molar-refractivity contribution in [3.63, 3.8) is 0 Å². The summed E-state index contributed by atoms with van der Waals surface area (Å²) < 4.78 is 0. The van der Waals surface area contributed by atoms with E-state index < -0.39 is 35.2 Å². The standard InChI is InChI=1S/C14H26N6O2.2C2H4O2/c1-13(2,11-15-5-9(21)6-16-11)19-20-14(3,4)12-17-7-10(22)8-18-12;2*1-2(3)4/h9-10,21-22H,5-8H2,1-4H3,(H,15,16)(H,17,18);2*1H3,(H,3,4). The number of rotatable bonds is 4. The van der Waals surface area contributed by atoms with Crippen LogP contribution in [0.3, 0.4) is 0 Å². The normalized spacial score (nSPS) is 21.5. The third-order valence-corrected chi connectivity index (χ3v) is 3.64. The smallest absolute Gasteiger partial charge is 0.300 e. The molecule has 12 nitrogen and oxygen atoms in total. The largest absolute Gasteiger partial charge is 0.481 e. The van der Waals surface area contributed by atoms with Crippen LogP contribution in [0.4, 0.5) is 0 Å². The minimum absolute atomic E-state index is 0.386. The van der Waals surface area contributed by atoms with Gasteiger partial charge < -0.3 is 31.1 Å². The summed E-state index contributed by atoms with van der Waals surface area (Å²) >= 11 is 0. The van der Waals surface area contributed by atoms with Crippen molar-refractivity contribution in [1.82, 2.24) is 10.6 Å². The molecule has 0 aromatic heterocycles. The molecule has 2 aliphatic rings. The van der Waals surface area contributed by atoms with Crippen LogP contribution in [-0.2, 0) is 9.59 Å². The number of β-amino-alcohol motifs (C(OH)–C–C–N with tert-alkyl or cyclic N) is 2. The Hall–Kier alpha value is -2.60. The van der Waals surface area contributed by atoms with Crippen LogP contribution in [0, 0.1) is 0 Å². The van der Waals surface area contributed by atoms with Crippen LogP contribution in [-0.4, -0.2) is 93.5 Å². The molecular formula is C18H34N6O6. The molecule has 172 valence electrons. The molecule has 2 unspecified atom stereocenters. The summed E-state index contributed by atoms with van der Waals surface area (Å²) in [6.45, 7) is 11.6. The van der Waals surface area contributed by atoms with Gasteiger partial charge in [0.1, 0.15) is 22.7 Å². The van der Waals surface area contributed by atoms with Crippen molar-refractivity contribution in [2.45, 2.75) is 64.8 Å². The summed E-state index contributed by atoms with van der Waals surface area (Å²) in [6.07, 6.45) is -0.889. The fourth-order valence-electron chi connectivity index (χ4n) is 2.23. The zero-order valence-corrected chi connectivity index (χ0v) is 18.4. The summed E-state index contributed by atoms with van der Waals surface area (Å²) in [5, 5.41) is 48.9. The summed E-state index contributed by atoms with van der Waals surface area (Å²) in [5.41, 5.74) is -1.18. The molecule has 0 aliphatic carbocycles. The second-order valence-corrected chi connectivity index (χ2v) is 7.80. The van der Waals surface area contributed by atoms with Gasteiger partial charge in [0.2, 0.25) is 0 Å². The van der Waals surface area contributed by atoms with E-state index in [1.54, 1.807) is 0 Å². The van der Waals surface area contributed by atoms with Crippen LogP contribution < -0.4 is 10.6 Å². The van der Waals surface area contributed by atoms with E-state index in [0.29, 0.717) is 26.2 Å². The SMILES string of the molecule is CC(=O)O.CC(=O)O.CC(C)(N=NC(C)(C)C1=NCC(O)CN1)C1=NCC(O)CN1. The zero-order chi connectivity index (χ0) is 23.5. The van der Waals surface area contributed by atoms with Gasteiger partial charge in [-0.3, -0.25) is 19.6 Å². The highest BCUT2D eigenvalue weighted by molar-refractivity contribution is 5.92. The van der Waals surface area contributed by atoms with Gasteiger partial charge in [-0.25, -0.2) is 0 Å². The highest BCUT2D eigenvalue weighted by Crippen LogP contribution is 2.19. The van der Waals surface area contributed by atoms with Crippen LogP contribution in [0.2, 0.25) is 0 Å². The van der Waals surface area contributed by atoms with Crippen molar-refractivity contribution in [2.75, 3.05) is 26.2 Å². The Bertz CT molecular complexity index is 610. The van der Waals surface area contributed by atoms with Crippen LogP contribution in [0.15, 0.2) is 20.2 Å². The average molecular weight is 431 g/mol. The maximum atomic E-state index is 9.48. The molecule has 0 bridgehead atoms. The second kappa shape index (κ2) is 12.2. The van der Waals surface area contributed by atoms with Crippen LogP contribution >= 0.6 is 0 Å². The van der Waals surface area contributed by atoms with Crippen molar-refractivity contribution in [2.24, 2.45) is 20.2 Å². The molecule has 0 aromatic carbocycles. The van der Waals surface area contributed by atoms with Crippen LogP contribution in [0.1, 0.15) is 41.5 Å². The number of carboxylic acid groups (broad SMARTS) is 2. The third kappa shape index (κ3) is 11.4. The van der Waals surface area contributed by atoms with Crippen LogP contribution in [0.5, 0.6) is 0 Å². The number of amidine groups is 2. The Morgan fingerprint density at radius 3 is 1.30 bits per heavy atom. The quantitative estimate of drug-likeness (QED) is 0.333. The van der Waals surface area contributed by atoms with E-state index in [9.17, 15) is 10.2 Å². The molecule has 2 heterocycles. The summed E-state index contributed by atoms with van der Waals surface area (Å²) in [7, 11) is 0. The predicted octanol–water partition coefficient (Wildman–Crippen LogP) is -0.0972. The maximum absolute atomic E-state index is 9.48. The van der Waals surface area contributed by atoms with Gasteiger partial charge in [-0.2, -0.15) is 10.2 Å². The fourth-order valence-corrected chi connectivity index (χ4v) is 2.23. The number of aliphatic carboxylic acids is 2. The number of aliphatic hydroxyl groups excluding tert-OH is 2. The Morgan fingerprint density at radius 2 is 1.10 bits per heavy atom. The first-order valence-corrected chi connectivity index (χ1v) is 9.44. The summed E-state index contributed by atoms with van der Waals surface area (Å²) in [6, 6.07) is 0. The van der Waals surface area contributed by atoms with Gasteiger partial charge in [0.15, 0.2) is 0 Å². The molecule has 12 heteroatoms. The van der Waals surface area contributed by atoms with Gasteiger partial charge in [0, 0.05) is 26.9 Å². The lowest BCUT2D eigenvalue weighted by Crippen LogP contribution is -2.50. The van der Waals surface area contributed by atoms with E-state index in [0.717, 1.165) is 25.5 Å². The van der Waals surface area contributed by atoms with E-state index in [-0.39, 0.29) is 0 Å². The highest BCUT2D eigenvalue weighted by atomic mass is 16.4. The molecule has 2 aliphatic heterocycles. The maximum Gasteiger partial charge on any atom is 0.300 e. The molecule has 2 atom stereocenters. The third-order valence-electron chi connectivity index (χ3n) is 3.64. The Kier molecular flexibility index (Phi) is 11.1.